The van der Waals surface area contributed by atoms with E-state index in [4.69, 9.17) is 4.74 Å². The first-order valence-electron chi connectivity index (χ1n) is 10.1. The van der Waals surface area contributed by atoms with E-state index in [9.17, 15) is 19.5 Å². The minimum atomic E-state index is -1.62. The molecule has 33 heavy (non-hydrogen) atoms. The molecule has 0 spiro atoms. The van der Waals surface area contributed by atoms with Gasteiger partial charge in [-0.1, -0.05) is 17.9 Å². The molecule has 1 atom stereocenters. The van der Waals surface area contributed by atoms with E-state index in [1.54, 1.807) is 48.1 Å². The van der Waals surface area contributed by atoms with Crippen molar-refractivity contribution in [3.8, 4) is 23.5 Å². The smallest absolute Gasteiger partial charge is 0.323 e. The van der Waals surface area contributed by atoms with Crippen molar-refractivity contribution in [2.45, 2.75) is 12.1 Å². The first kappa shape index (κ1) is 20.4. The monoisotopic (exact) mass is 445 g/mol. The quantitative estimate of drug-likeness (QED) is 0.406. The van der Waals surface area contributed by atoms with Crippen molar-refractivity contribution in [3.05, 3.63) is 53.1 Å². The number of nitrogens with zero attached hydrogens (tertiary/aromatic N) is 3. The number of imide groups is 1. The molecule has 3 heterocycles. The Kier molecular flexibility index (Phi) is 4.49. The summed E-state index contributed by atoms with van der Waals surface area (Å²) in [4.78, 5) is 39.2. The number of aromatic hydroxyl groups is 1. The van der Waals surface area contributed by atoms with Crippen LogP contribution in [-0.4, -0.2) is 56.8 Å². The minimum absolute atomic E-state index is 0.131. The third kappa shape index (κ3) is 3.30. The normalized spacial score (nSPS) is 19.2. The number of aryl methyl sites for hydroxylation is 1. The zero-order valence-corrected chi connectivity index (χ0v) is 17.8. The number of rotatable bonds is 3. The van der Waals surface area contributed by atoms with E-state index in [2.05, 4.69) is 27.6 Å². The summed E-state index contributed by atoms with van der Waals surface area (Å²) in [7, 11) is 3.23. The van der Waals surface area contributed by atoms with Gasteiger partial charge in [0.15, 0.2) is 0 Å². The number of aromatic nitrogens is 2. The molecule has 2 aliphatic rings. The van der Waals surface area contributed by atoms with Crippen LogP contribution < -0.4 is 15.4 Å². The van der Waals surface area contributed by atoms with Crippen molar-refractivity contribution in [1.29, 1.82) is 0 Å². The Morgan fingerprint density at radius 3 is 2.76 bits per heavy atom. The summed E-state index contributed by atoms with van der Waals surface area (Å²) in [6.07, 6.45) is 0. The molecule has 2 aromatic carbocycles. The molecule has 3 aromatic rings. The van der Waals surface area contributed by atoms with Gasteiger partial charge in [-0.15, -0.1) is 5.10 Å². The van der Waals surface area contributed by atoms with Gasteiger partial charge in [0.1, 0.15) is 5.75 Å². The lowest BCUT2D eigenvalue weighted by Crippen LogP contribution is -2.54. The molecule has 5 rings (SSSR count). The predicted molar refractivity (Wildman–Crippen MR) is 116 cm³/mol. The van der Waals surface area contributed by atoms with Crippen LogP contribution in [0, 0.1) is 11.8 Å². The number of fused-ring (bicyclic) bond motifs is 2. The average Bonchev–Trinajstić information content (AvgIpc) is 3.37. The van der Waals surface area contributed by atoms with E-state index in [-0.39, 0.29) is 24.9 Å². The number of urea groups is 1. The van der Waals surface area contributed by atoms with E-state index >= 15 is 0 Å². The fourth-order valence-electron chi connectivity index (χ4n) is 4.12. The van der Waals surface area contributed by atoms with E-state index in [1.165, 1.54) is 12.0 Å². The van der Waals surface area contributed by atoms with Gasteiger partial charge >= 0.3 is 6.03 Å². The molecule has 0 radical (unpaired) electrons. The van der Waals surface area contributed by atoms with Gasteiger partial charge in [-0.25, -0.2) is 4.79 Å². The maximum Gasteiger partial charge on any atom is 0.323 e. The second-order valence-corrected chi connectivity index (χ2v) is 7.93. The van der Waals surface area contributed by atoms with Gasteiger partial charge in [0.05, 0.1) is 24.6 Å². The summed E-state index contributed by atoms with van der Waals surface area (Å²) in [6, 6.07) is 9.66. The molecule has 0 aliphatic carbocycles. The van der Waals surface area contributed by atoms with Crippen molar-refractivity contribution >= 4 is 28.7 Å². The molecule has 1 fully saturated rings. The Morgan fingerprint density at radius 2 is 2.03 bits per heavy atom. The van der Waals surface area contributed by atoms with Crippen LogP contribution in [0.5, 0.6) is 11.6 Å². The summed E-state index contributed by atoms with van der Waals surface area (Å²) in [5, 5.41) is 19.3. The second kappa shape index (κ2) is 7.27. The molecule has 2 aliphatic heterocycles. The second-order valence-electron chi connectivity index (χ2n) is 7.93. The van der Waals surface area contributed by atoms with Crippen LogP contribution in [0.15, 0.2) is 36.4 Å². The number of carbonyl (C=O) groups excluding carboxylic acids is 3. The van der Waals surface area contributed by atoms with E-state index in [1.807, 2.05) is 0 Å². The van der Waals surface area contributed by atoms with Gasteiger partial charge in [-0.3, -0.25) is 19.6 Å². The van der Waals surface area contributed by atoms with Crippen LogP contribution in [0.3, 0.4) is 0 Å². The summed E-state index contributed by atoms with van der Waals surface area (Å²) in [5.41, 5.74) is 0.895. The van der Waals surface area contributed by atoms with Gasteiger partial charge in [-0.2, -0.15) is 0 Å². The number of amides is 4. The lowest BCUT2D eigenvalue weighted by Gasteiger charge is -2.26. The highest BCUT2D eigenvalue weighted by Gasteiger charge is 2.48. The summed E-state index contributed by atoms with van der Waals surface area (Å²) >= 11 is 0. The Morgan fingerprint density at radius 1 is 1.21 bits per heavy atom. The van der Waals surface area contributed by atoms with Crippen LogP contribution in [0.2, 0.25) is 0 Å². The lowest BCUT2D eigenvalue weighted by atomic mass is 9.99. The number of methoxy groups -OCH3 is 1. The minimum Gasteiger partial charge on any atom is -0.497 e. The van der Waals surface area contributed by atoms with Crippen molar-refractivity contribution in [1.82, 2.24) is 25.3 Å². The topological polar surface area (TPSA) is 126 Å². The van der Waals surface area contributed by atoms with Crippen LogP contribution in [-0.2, 0) is 18.4 Å². The van der Waals surface area contributed by atoms with Gasteiger partial charge < -0.3 is 20.1 Å². The molecule has 166 valence electrons. The van der Waals surface area contributed by atoms with Crippen molar-refractivity contribution < 1.29 is 24.2 Å². The third-order valence-corrected chi connectivity index (χ3v) is 5.82. The summed E-state index contributed by atoms with van der Waals surface area (Å²) in [6.45, 7) is 0.147. The molecule has 3 N–H and O–H groups in total. The molecule has 1 saturated heterocycles. The zero-order chi connectivity index (χ0) is 23.3. The SMILES string of the molecule is COc1ccc2c(c1)C(=O)N(C[C@@]1(C#Cc3ccc4c(c3)c(O)nn4C)NC(=O)NC1=O)C2. The number of hydrogen-bond donors (Lipinski definition) is 3. The van der Waals surface area contributed by atoms with E-state index < -0.39 is 17.5 Å². The van der Waals surface area contributed by atoms with Crippen molar-refractivity contribution in [3.63, 3.8) is 0 Å². The van der Waals surface area contributed by atoms with Gasteiger partial charge in [0.25, 0.3) is 11.8 Å². The highest BCUT2D eigenvalue weighted by molar-refractivity contribution is 6.10. The van der Waals surface area contributed by atoms with Crippen molar-refractivity contribution in [2.75, 3.05) is 13.7 Å². The first-order chi connectivity index (χ1) is 15.8. The molecular weight excluding hydrogens is 426 g/mol. The van der Waals surface area contributed by atoms with E-state index in [0.29, 0.717) is 22.3 Å². The van der Waals surface area contributed by atoms with Crippen LogP contribution in [0.25, 0.3) is 10.9 Å². The molecule has 0 bridgehead atoms. The molecule has 10 heteroatoms. The number of hydrogen-bond acceptors (Lipinski definition) is 6. The molecule has 4 amide bonds. The Bertz CT molecular complexity index is 1420. The number of benzene rings is 2. The largest absolute Gasteiger partial charge is 0.497 e. The van der Waals surface area contributed by atoms with Crippen LogP contribution >= 0.6 is 0 Å². The fraction of sp³-hybridized carbons (Fsp3) is 0.217. The van der Waals surface area contributed by atoms with Gasteiger partial charge in [0, 0.05) is 24.7 Å². The van der Waals surface area contributed by atoms with Gasteiger partial charge in [-0.05, 0) is 35.9 Å². The fourth-order valence-corrected chi connectivity index (χ4v) is 4.12. The highest BCUT2D eigenvalue weighted by atomic mass is 16.5. The maximum absolute atomic E-state index is 13.0. The lowest BCUT2D eigenvalue weighted by molar-refractivity contribution is -0.122. The standard InChI is InChI=1S/C23H19N5O5/c1-27-18-6-3-13(9-17(18)19(29)26-27)7-8-23(21(31)24-22(32)25-23)12-28-11-14-4-5-15(33-2)10-16(14)20(28)30/h3-6,9-10H,11-12H2,1-2H3,(H,26,29)(H2,24,25,31,32)/t23-/m1/s1. The zero-order valence-electron chi connectivity index (χ0n) is 17.8. The Balaban J connectivity index is 1.48. The van der Waals surface area contributed by atoms with Gasteiger partial charge in [0.2, 0.25) is 11.4 Å². The molecular formula is C23H19N5O5. The maximum atomic E-state index is 13.0. The molecule has 0 unspecified atom stereocenters. The van der Waals surface area contributed by atoms with E-state index in [0.717, 1.165) is 11.1 Å². The highest BCUT2D eigenvalue weighted by Crippen LogP contribution is 2.29. The molecule has 0 saturated carbocycles. The third-order valence-electron chi connectivity index (χ3n) is 5.82. The molecule has 1 aromatic heterocycles. The van der Waals surface area contributed by atoms with Crippen molar-refractivity contribution in [2.24, 2.45) is 7.05 Å². The Labute approximate surface area is 188 Å². The van der Waals surface area contributed by atoms with Crippen LogP contribution in [0.1, 0.15) is 21.5 Å². The first-order valence-corrected chi connectivity index (χ1v) is 10.1. The number of carbonyl (C=O) groups is 3. The molecule has 10 nitrogen and oxygen atoms in total. The number of nitrogens with one attached hydrogen (secondary N) is 2. The average molecular weight is 445 g/mol. The predicted octanol–water partition coefficient (Wildman–Crippen LogP) is 0.873. The number of ether oxygens (including phenoxy) is 1. The Hall–Kier alpha value is -4.52. The van der Waals surface area contributed by atoms with Crippen LogP contribution in [0.4, 0.5) is 4.79 Å². The summed E-state index contributed by atoms with van der Waals surface area (Å²) < 4.78 is 6.74. The summed E-state index contributed by atoms with van der Waals surface area (Å²) in [5.74, 6) is 5.28.